The third kappa shape index (κ3) is 5.26. The molecule has 34 heavy (non-hydrogen) atoms. The molecule has 0 fully saturated rings. The number of amides is 1. The van der Waals surface area contributed by atoms with Crippen LogP contribution in [0.3, 0.4) is 0 Å². The summed E-state index contributed by atoms with van der Waals surface area (Å²) in [6, 6.07) is 9.69. The second-order valence-corrected chi connectivity index (χ2v) is 10.5. The summed E-state index contributed by atoms with van der Waals surface area (Å²) >= 11 is 1.62. The zero-order valence-corrected chi connectivity index (χ0v) is 20.8. The summed E-state index contributed by atoms with van der Waals surface area (Å²) in [5.41, 5.74) is 12.0. The first-order chi connectivity index (χ1) is 16.1. The van der Waals surface area contributed by atoms with Gasteiger partial charge in [0.25, 0.3) is 5.91 Å². The fraction of sp³-hybridized carbons (Fsp3) is 0.407. The van der Waals surface area contributed by atoms with E-state index in [0.717, 1.165) is 47.9 Å². The van der Waals surface area contributed by atoms with E-state index in [0.29, 0.717) is 12.3 Å². The predicted octanol–water partition coefficient (Wildman–Crippen LogP) is 4.72. The van der Waals surface area contributed by atoms with Gasteiger partial charge in [0, 0.05) is 28.9 Å². The topological polar surface area (TPSA) is 92.9 Å². The lowest BCUT2D eigenvalue weighted by atomic mass is 9.89. The zero-order chi connectivity index (χ0) is 24.5. The van der Waals surface area contributed by atoms with E-state index >= 15 is 0 Å². The molecule has 7 heteroatoms. The molecule has 180 valence electrons. The average molecular weight is 481 g/mol. The Balaban J connectivity index is 1.35. The number of nitrogens with zero attached hydrogens (tertiary/aromatic N) is 1. The maximum absolute atomic E-state index is 13.0. The van der Waals surface area contributed by atoms with Gasteiger partial charge in [0.05, 0.1) is 0 Å². The molecule has 1 amide bonds. The Bertz CT molecular complexity index is 1230. The monoisotopic (exact) mass is 480 g/mol. The number of carboxylic acid groups (broad SMARTS) is 1. The molecular weight excluding hydrogens is 448 g/mol. The number of benzene rings is 2. The third-order valence-electron chi connectivity index (χ3n) is 6.93. The van der Waals surface area contributed by atoms with Gasteiger partial charge < -0.3 is 20.5 Å². The van der Waals surface area contributed by atoms with E-state index in [2.05, 4.69) is 26.2 Å². The number of rotatable bonds is 9. The SMILES string of the molecule is Cc1ccc2c(c1C)CCN(CCC(C)(N)CCc1csc3cc(OCC(=O)O)ccc13)C2=O. The van der Waals surface area contributed by atoms with Crippen molar-refractivity contribution in [3.05, 3.63) is 63.5 Å². The highest BCUT2D eigenvalue weighted by Crippen LogP contribution is 2.32. The Morgan fingerprint density at radius 1 is 1.24 bits per heavy atom. The highest BCUT2D eigenvalue weighted by Gasteiger charge is 2.28. The molecule has 1 atom stereocenters. The lowest BCUT2D eigenvalue weighted by molar-refractivity contribution is -0.139. The molecule has 0 spiro atoms. The summed E-state index contributed by atoms with van der Waals surface area (Å²) in [5, 5.41) is 12.1. The molecule has 1 aliphatic rings. The van der Waals surface area contributed by atoms with Gasteiger partial charge in [0.15, 0.2) is 6.61 Å². The van der Waals surface area contributed by atoms with E-state index in [9.17, 15) is 9.59 Å². The van der Waals surface area contributed by atoms with Crippen LogP contribution < -0.4 is 10.5 Å². The van der Waals surface area contributed by atoms with Gasteiger partial charge >= 0.3 is 5.97 Å². The summed E-state index contributed by atoms with van der Waals surface area (Å²) in [4.78, 5) is 25.7. The molecule has 0 saturated carbocycles. The largest absolute Gasteiger partial charge is 0.482 e. The number of hydrogen-bond acceptors (Lipinski definition) is 5. The van der Waals surface area contributed by atoms with Gasteiger partial charge in [-0.25, -0.2) is 4.79 Å². The lowest BCUT2D eigenvalue weighted by Crippen LogP contribution is -2.44. The van der Waals surface area contributed by atoms with Crippen molar-refractivity contribution in [1.82, 2.24) is 4.90 Å². The van der Waals surface area contributed by atoms with Crippen LogP contribution in [-0.4, -0.2) is 47.1 Å². The number of aliphatic carboxylic acids is 1. The van der Waals surface area contributed by atoms with Crippen molar-refractivity contribution in [3.63, 3.8) is 0 Å². The number of carboxylic acids is 1. The van der Waals surface area contributed by atoms with Gasteiger partial charge in [0.1, 0.15) is 5.75 Å². The van der Waals surface area contributed by atoms with Crippen LogP contribution in [0.4, 0.5) is 0 Å². The number of hydrogen-bond donors (Lipinski definition) is 2. The van der Waals surface area contributed by atoms with E-state index in [4.69, 9.17) is 15.6 Å². The molecule has 1 aromatic heterocycles. The van der Waals surface area contributed by atoms with Gasteiger partial charge in [0.2, 0.25) is 0 Å². The summed E-state index contributed by atoms with van der Waals surface area (Å²) in [5.74, 6) is -0.315. The minimum absolute atomic E-state index is 0.116. The molecule has 0 aliphatic carbocycles. The van der Waals surface area contributed by atoms with Crippen LogP contribution in [0.15, 0.2) is 35.7 Å². The quantitative estimate of drug-likeness (QED) is 0.462. The Morgan fingerprint density at radius 2 is 2.03 bits per heavy atom. The number of carbonyl (C=O) groups excluding carboxylic acids is 1. The van der Waals surface area contributed by atoms with E-state index in [1.807, 2.05) is 35.2 Å². The Labute approximate surface area is 204 Å². The van der Waals surface area contributed by atoms with Crippen LogP contribution >= 0.6 is 11.3 Å². The fourth-order valence-corrected chi connectivity index (χ4v) is 5.58. The first kappa shape index (κ1) is 24.2. The van der Waals surface area contributed by atoms with Gasteiger partial charge in [-0.15, -0.1) is 11.3 Å². The van der Waals surface area contributed by atoms with Crippen molar-refractivity contribution in [3.8, 4) is 5.75 Å². The van der Waals surface area contributed by atoms with Gasteiger partial charge in [-0.3, -0.25) is 4.79 Å². The van der Waals surface area contributed by atoms with Crippen molar-refractivity contribution in [2.24, 2.45) is 5.73 Å². The Morgan fingerprint density at radius 3 is 2.79 bits per heavy atom. The van der Waals surface area contributed by atoms with Gasteiger partial charge in [-0.1, -0.05) is 6.07 Å². The Kier molecular flexibility index (Phi) is 6.96. The van der Waals surface area contributed by atoms with Crippen molar-refractivity contribution in [2.45, 2.75) is 52.0 Å². The molecular formula is C27H32N2O4S. The fourth-order valence-electron chi connectivity index (χ4n) is 4.56. The molecule has 0 bridgehead atoms. The molecule has 2 aromatic carbocycles. The number of nitrogens with two attached hydrogens (primary N) is 1. The number of aryl methyl sites for hydroxylation is 2. The maximum atomic E-state index is 13.0. The van der Waals surface area contributed by atoms with Crippen LogP contribution in [0.1, 0.15) is 52.4 Å². The minimum atomic E-state index is -0.991. The molecule has 6 nitrogen and oxygen atoms in total. The van der Waals surface area contributed by atoms with Crippen LogP contribution in [0.25, 0.3) is 10.1 Å². The summed E-state index contributed by atoms with van der Waals surface area (Å²) in [6.07, 6.45) is 3.30. The van der Waals surface area contributed by atoms with Crippen molar-refractivity contribution < 1.29 is 19.4 Å². The van der Waals surface area contributed by atoms with Crippen LogP contribution in [-0.2, 0) is 17.6 Å². The lowest BCUT2D eigenvalue weighted by Gasteiger charge is -2.33. The van der Waals surface area contributed by atoms with E-state index in [-0.39, 0.29) is 18.1 Å². The zero-order valence-electron chi connectivity index (χ0n) is 20.0. The molecule has 3 N–H and O–H groups in total. The van der Waals surface area contributed by atoms with Crippen molar-refractivity contribution >= 4 is 33.3 Å². The second kappa shape index (κ2) is 9.76. The molecule has 3 aromatic rings. The average Bonchev–Trinajstić information content (AvgIpc) is 3.21. The third-order valence-corrected chi connectivity index (χ3v) is 7.92. The summed E-state index contributed by atoms with van der Waals surface area (Å²) in [7, 11) is 0. The van der Waals surface area contributed by atoms with E-state index < -0.39 is 5.97 Å². The molecule has 1 unspecified atom stereocenters. The van der Waals surface area contributed by atoms with Gasteiger partial charge in [-0.05, 0) is 104 Å². The van der Waals surface area contributed by atoms with Crippen LogP contribution in [0.2, 0.25) is 0 Å². The number of thiophene rings is 1. The molecule has 2 heterocycles. The van der Waals surface area contributed by atoms with E-state index in [1.54, 1.807) is 11.3 Å². The molecule has 1 aliphatic heterocycles. The smallest absolute Gasteiger partial charge is 0.341 e. The van der Waals surface area contributed by atoms with Crippen molar-refractivity contribution in [2.75, 3.05) is 19.7 Å². The Hall–Kier alpha value is -2.90. The number of fused-ring (bicyclic) bond motifs is 2. The number of ether oxygens (including phenoxy) is 1. The second-order valence-electron chi connectivity index (χ2n) is 9.58. The first-order valence-corrected chi connectivity index (χ1v) is 12.5. The highest BCUT2D eigenvalue weighted by molar-refractivity contribution is 7.17. The standard InChI is InChI=1S/C27H32N2O4S/c1-17-4-6-23-21(18(17)2)9-12-29(26(23)32)13-11-27(3,28)10-8-19-16-34-24-14-20(5-7-22(19)24)33-15-25(30)31/h4-7,14,16H,8-13,15,28H2,1-3H3,(H,30,31). The first-order valence-electron chi connectivity index (χ1n) is 11.7. The minimum Gasteiger partial charge on any atom is -0.482 e. The number of carbonyl (C=O) groups is 2. The maximum Gasteiger partial charge on any atom is 0.341 e. The molecule has 0 radical (unpaired) electrons. The van der Waals surface area contributed by atoms with Crippen molar-refractivity contribution in [1.29, 1.82) is 0 Å². The highest BCUT2D eigenvalue weighted by atomic mass is 32.1. The van der Waals surface area contributed by atoms with Gasteiger partial charge in [-0.2, -0.15) is 0 Å². The molecule has 4 rings (SSSR count). The predicted molar refractivity (Wildman–Crippen MR) is 136 cm³/mol. The summed E-state index contributed by atoms with van der Waals surface area (Å²) < 4.78 is 6.36. The normalized spacial score (nSPS) is 15.3. The summed E-state index contributed by atoms with van der Waals surface area (Å²) in [6.45, 7) is 7.32. The van der Waals surface area contributed by atoms with E-state index in [1.165, 1.54) is 22.3 Å². The van der Waals surface area contributed by atoms with Crippen LogP contribution in [0.5, 0.6) is 5.75 Å². The van der Waals surface area contributed by atoms with Crippen LogP contribution in [0, 0.1) is 13.8 Å². The molecule has 0 saturated heterocycles.